The predicted molar refractivity (Wildman–Crippen MR) is 88.5 cm³/mol. The third-order valence-corrected chi connectivity index (χ3v) is 3.85. The van der Waals surface area contributed by atoms with Crippen LogP contribution < -0.4 is 5.73 Å². The highest BCUT2D eigenvalue weighted by atomic mass is 16.3. The molecule has 0 aliphatic rings. The van der Waals surface area contributed by atoms with Crippen LogP contribution in [0.25, 0.3) is 0 Å². The topological polar surface area (TPSA) is 84.4 Å². The number of amides is 1. The van der Waals surface area contributed by atoms with Crippen molar-refractivity contribution in [1.29, 1.82) is 0 Å². The number of hydrogen-bond acceptors (Lipinski definition) is 4. The van der Waals surface area contributed by atoms with Gasteiger partial charge in [0.15, 0.2) is 0 Å². The van der Waals surface area contributed by atoms with Gasteiger partial charge in [0, 0.05) is 24.3 Å². The van der Waals surface area contributed by atoms with Crippen LogP contribution in [0.2, 0.25) is 0 Å². The van der Waals surface area contributed by atoms with Gasteiger partial charge in [0.25, 0.3) is 0 Å². The van der Waals surface area contributed by atoms with Crippen LogP contribution in [-0.4, -0.2) is 38.8 Å². The molecule has 1 heterocycles. The standard InChI is InChI=1S/C17H24N4O2/c1-13-16(14(2)21(19-13)8-9-22)11-20(12-17(18)23)10-15-6-4-3-5-7-15/h3-7,22H,8-12H2,1-2H3,(H2,18,23). The Kier molecular flexibility index (Phi) is 5.90. The first-order valence-corrected chi connectivity index (χ1v) is 7.69. The Morgan fingerprint density at radius 1 is 1.26 bits per heavy atom. The van der Waals surface area contributed by atoms with E-state index in [1.54, 1.807) is 4.68 Å². The van der Waals surface area contributed by atoms with Crippen LogP contribution in [0.3, 0.4) is 0 Å². The van der Waals surface area contributed by atoms with Crippen LogP contribution in [0.1, 0.15) is 22.5 Å². The number of carbonyl (C=O) groups is 1. The highest BCUT2D eigenvalue weighted by Crippen LogP contribution is 2.17. The number of aliphatic hydroxyl groups is 1. The predicted octanol–water partition coefficient (Wildman–Crippen LogP) is 0.980. The normalized spacial score (nSPS) is 11.1. The number of aromatic nitrogens is 2. The summed E-state index contributed by atoms with van der Waals surface area (Å²) in [4.78, 5) is 13.4. The van der Waals surface area contributed by atoms with Gasteiger partial charge in [-0.25, -0.2) is 0 Å². The molecule has 0 aliphatic heterocycles. The van der Waals surface area contributed by atoms with E-state index < -0.39 is 0 Å². The van der Waals surface area contributed by atoms with Gasteiger partial charge in [-0.1, -0.05) is 30.3 Å². The van der Waals surface area contributed by atoms with Crippen molar-refractivity contribution in [2.24, 2.45) is 5.73 Å². The molecule has 0 radical (unpaired) electrons. The van der Waals surface area contributed by atoms with Crippen molar-refractivity contribution < 1.29 is 9.90 Å². The zero-order valence-electron chi connectivity index (χ0n) is 13.7. The molecule has 124 valence electrons. The van der Waals surface area contributed by atoms with Crippen molar-refractivity contribution in [3.05, 3.63) is 52.8 Å². The van der Waals surface area contributed by atoms with E-state index in [1.807, 2.05) is 49.1 Å². The molecule has 6 heteroatoms. The largest absolute Gasteiger partial charge is 0.394 e. The van der Waals surface area contributed by atoms with E-state index in [1.165, 1.54) is 0 Å². The molecule has 0 aliphatic carbocycles. The minimum atomic E-state index is -0.348. The van der Waals surface area contributed by atoms with Crippen molar-refractivity contribution in [2.45, 2.75) is 33.5 Å². The van der Waals surface area contributed by atoms with E-state index in [9.17, 15) is 4.79 Å². The summed E-state index contributed by atoms with van der Waals surface area (Å²) in [5, 5.41) is 13.6. The van der Waals surface area contributed by atoms with Gasteiger partial charge >= 0.3 is 0 Å². The van der Waals surface area contributed by atoms with E-state index in [2.05, 4.69) is 5.10 Å². The molecule has 0 saturated carbocycles. The molecule has 1 amide bonds. The van der Waals surface area contributed by atoms with Crippen LogP contribution in [0.4, 0.5) is 0 Å². The van der Waals surface area contributed by atoms with Gasteiger partial charge in [0.2, 0.25) is 5.91 Å². The number of rotatable bonds is 8. The molecule has 0 bridgehead atoms. The van der Waals surface area contributed by atoms with Crippen LogP contribution in [0.5, 0.6) is 0 Å². The summed E-state index contributed by atoms with van der Waals surface area (Å²) in [7, 11) is 0. The van der Waals surface area contributed by atoms with Gasteiger partial charge in [0.1, 0.15) is 0 Å². The first-order chi connectivity index (χ1) is 11.0. The average molecular weight is 316 g/mol. The molecule has 0 fully saturated rings. The molecular formula is C17H24N4O2. The highest BCUT2D eigenvalue weighted by Gasteiger charge is 2.16. The Labute approximate surface area is 136 Å². The summed E-state index contributed by atoms with van der Waals surface area (Å²) in [6.45, 7) is 5.89. The zero-order chi connectivity index (χ0) is 16.8. The van der Waals surface area contributed by atoms with Gasteiger partial charge in [-0.3, -0.25) is 14.4 Å². The van der Waals surface area contributed by atoms with Crippen LogP contribution in [0.15, 0.2) is 30.3 Å². The fraction of sp³-hybridized carbons (Fsp3) is 0.412. The second-order valence-corrected chi connectivity index (χ2v) is 5.69. The van der Waals surface area contributed by atoms with Crippen molar-refractivity contribution in [1.82, 2.24) is 14.7 Å². The third kappa shape index (κ3) is 4.64. The van der Waals surface area contributed by atoms with E-state index in [4.69, 9.17) is 10.8 Å². The summed E-state index contributed by atoms with van der Waals surface area (Å²) in [5.41, 5.74) is 9.53. The highest BCUT2D eigenvalue weighted by molar-refractivity contribution is 5.75. The number of benzene rings is 1. The number of aliphatic hydroxyl groups excluding tert-OH is 1. The summed E-state index contributed by atoms with van der Waals surface area (Å²) in [6.07, 6.45) is 0. The lowest BCUT2D eigenvalue weighted by Gasteiger charge is -2.21. The van der Waals surface area contributed by atoms with Crippen molar-refractivity contribution in [3.63, 3.8) is 0 Å². The number of carbonyl (C=O) groups excluding carboxylic acids is 1. The van der Waals surface area contributed by atoms with Gasteiger partial charge in [-0.05, 0) is 19.4 Å². The number of nitrogens with two attached hydrogens (primary N) is 1. The molecule has 6 nitrogen and oxygen atoms in total. The van der Waals surface area contributed by atoms with Gasteiger partial charge < -0.3 is 10.8 Å². The average Bonchev–Trinajstić information content (AvgIpc) is 2.76. The van der Waals surface area contributed by atoms with Crippen LogP contribution in [0, 0.1) is 13.8 Å². The monoisotopic (exact) mass is 316 g/mol. The maximum atomic E-state index is 11.4. The number of hydrogen-bond donors (Lipinski definition) is 2. The van der Waals surface area contributed by atoms with Crippen molar-refractivity contribution in [3.8, 4) is 0 Å². The Morgan fingerprint density at radius 2 is 1.96 bits per heavy atom. The van der Waals surface area contributed by atoms with Gasteiger partial charge in [0.05, 0.1) is 25.4 Å². The van der Waals surface area contributed by atoms with E-state index in [0.717, 1.165) is 22.5 Å². The molecule has 3 N–H and O–H groups in total. The molecule has 0 saturated heterocycles. The Morgan fingerprint density at radius 3 is 2.57 bits per heavy atom. The van der Waals surface area contributed by atoms with E-state index in [0.29, 0.717) is 19.6 Å². The number of primary amides is 1. The molecule has 1 aromatic carbocycles. The van der Waals surface area contributed by atoms with Crippen LogP contribution in [-0.2, 0) is 24.4 Å². The minimum absolute atomic E-state index is 0.0520. The molecule has 23 heavy (non-hydrogen) atoms. The summed E-state index contributed by atoms with van der Waals surface area (Å²) in [6, 6.07) is 9.99. The molecule has 0 atom stereocenters. The third-order valence-electron chi connectivity index (χ3n) is 3.85. The molecular weight excluding hydrogens is 292 g/mol. The maximum absolute atomic E-state index is 11.4. The molecule has 2 aromatic rings. The second kappa shape index (κ2) is 7.89. The van der Waals surface area contributed by atoms with Crippen LogP contribution >= 0.6 is 0 Å². The lowest BCUT2D eigenvalue weighted by atomic mass is 10.1. The molecule has 0 unspecified atom stereocenters. The number of nitrogens with zero attached hydrogens (tertiary/aromatic N) is 3. The first kappa shape index (κ1) is 17.2. The van der Waals surface area contributed by atoms with E-state index in [-0.39, 0.29) is 19.1 Å². The summed E-state index contributed by atoms with van der Waals surface area (Å²) < 4.78 is 1.80. The summed E-state index contributed by atoms with van der Waals surface area (Å²) >= 11 is 0. The lowest BCUT2D eigenvalue weighted by Crippen LogP contribution is -2.33. The molecule has 2 rings (SSSR count). The van der Waals surface area contributed by atoms with E-state index >= 15 is 0 Å². The fourth-order valence-electron chi connectivity index (χ4n) is 2.73. The Bertz CT molecular complexity index is 652. The Hall–Kier alpha value is -2.18. The minimum Gasteiger partial charge on any atom is -0.394 e. The molecule has 1 aromatic heterocycles. The SMILES string of the molecule is Cc1nn(CCO)c(C)c1CN(CC(N)=O)Cc1ccccc1. The fourth-order valence-corrected chi connectivity index (χ4v) is 2.73. The maximum Gasteiger partial charge on any atom is 0.231 e. The van der Waals surface area contributed by atoms with Crippen molar-refractivity contribution >= 4 is 5.91 Å². The molecule has 0 spiro atoms. The quantitative estimate of drug-likeness (QED) is 0.760. The Balaban J connectivity index is 2.19. The zero-order valence-corrected chi connectivity index (χ0v) is 13.7. The smallest absolute Gasteiger partial charge is 0.231 e. The first-order valence-electron chi connectivity index (χ1n) is 7.69. The van der Waals surface area contributed by atoms with Gasteiger partial charge in [-0.15, -0.1) is 0 Å². The van der Waals surface area contributed by atoms with Gasteiger partial charge in [-0.2, -0.15) is 5.10 Å². The van der Waals surface area contributed by atoms with Crippen molar-refractivity contribution in [2.75, 3.05) is 13.2 Å². The lowest BCUT2D eigenvalue weighted by molar-refractivity contribution is -0.119. The number of aryl methyl sites for hydroxylation is 1. The summed E-state index contributed by atoms with van der Waals surface area (Å²) in [5.74, 6) is -0.348. The second-order valence-electron chi connectivity index (χ2n) is 5.69.